The van der Waals surface area contributed by atoms with Crippen LogP contribution >= 0.6 is 0 Å². The molecule has 0 aliphatic carbocycles. The molecule has 7 rings (SSSR count). The summed E-state index contributed by atoms with van der Waals surface area (Å²) in [5.74, 6) is 0. The number of hydrogen-bond acceptors (Lipinski definition) is 8. The maximum Gasteiger partial charge on any atom is 0.514 e. The van der Waals surface area contributed by atoms with Gasteiger partial charge in [0.25, 0.3) is 0 Å². The number of benzene rings is 4. The van der Waals surface area contributed by atoms with Gasteiger partial charge in [0.2, 0.25) is 0 Å². The van der Waals surface area contributed by atoms with E-state index in [1.165, 1.54) is 0 Å². The maximum absolute atomic E-state index is 7.46. The first-order valence-electron chi connectivity index (χ1n) is 14.3. The molecule has 8 nitrogen and oxygen atoms in total. The summed E-state index contributed by atoms with van der Waals surface area (Å²) in [7, 11) is -22.4. The first-order chi connectivity index (χ1) is 21.2. The summed E-state index contributed by atoms with van der Waals surface area (Å²) >= 11 is 0. The van der Waals surface area contributed by atoms with E-state index >= 15 is 0 Å². The summed E-state index contributed by atoms with van der Waals surface area (Å²) in [6.45, 7) is 12.2. The lowest BCUT2D eigenvalue weighted by molar-refractivity contribution is 0.0527. The number of hydrogen-bond donors (Lipinski definition) is 0. The molecule has 3 aliphatic rings. The summed E-state index contributed by atoms with van der Waals surface area (Å²) in [5.41, 5.74) is 3.52. The Morgan fingerprint density at radius 3 is 0.750 bits per heavy atom. The van der Waals surface area contributed by atoms with E-state index in [1.54, 1.807) is 11.4 Å². The average molecular weight is 689 g/mol. The van der Waals surface area contributed by atoms with Crippen LogP contribution in [0.1, 0.15) is 0 Å². The minimum absolute atomic E-state index is 0.748. The molecule has 4 bridgehead atoms. The second-order valence-electron chi connectivity index (χ2n) is 10.9. The Morgan fingerprint density at radius 1 is 0.364 bits per heavy atom. The molecule has 0 N–H and O–H groups in total. The molecule has 0 spiro atoms. The quantitative estimate of drug-likeness (QED) is 0.287. The standard InChI is InChI=1S/C30H32O8Si6/c1-5-39(3)31-41(27-19-11-7-12-20-27)35-42(32-39,28-21-13-8-14-22-28)38-44(30-25-17-10-18-26-30)34-40(4,6-2)33-43(36-44,37-41)29-23-15-9-16-24-29/h5-26H,1-2H2,3-4H3. The van der Waals surface area contributed by atoms with E-state index in [9.17, 15) is 0 Å². The summed E-state index contributed by atoms with van der Waals surface area (Å²) in [4.78, 5) is 0. The van der Waals surface area contributed by atoms with Crippen molar-refractivity contribution in [3.8, 4) is 0 Å². The third-order valence-electron chi connectivity index (χ3n) is 7.67. The third kappa shape index (κ3) is 5.02. The van der Waals surface area contributed by atoms with Crippen LogP contribution in [0.15, 0.2) is 146 Å². The zero-order valence-corrected chi connectivity index (χ0v) is 30.4. The van der Waals surface area contributed by atoms with Crippen molar-refractivity contribution < 1.29 is 32.9 Å². The Balaban J connectivity index is 1.59. The van der Waals surface area contributed by atoms with Crippen molar-refractivity contribution in [1.82, 2.24) is 0 Å². The van der Waals surface area contributed by atoms with Gasteiger partial charge in [0.1, 0.15) is 0 Å². The monoisotopic (exact) mass is 688 g/mol. The Hall–Kier alpha value is -2.66. The molecule has 3 heterocycles. The van der Waals surface area contributed by atoms with Gasteiger partial charge < -0.3 is 32.9 Å². The van der Waals surface area contributed by atoms with Gasteiger partial charge in [0.05, 0.1) is 0 Å². The Bertz CT molecular complexity index is 1440. The van der Waals surface area contributed by atoms with Crippen molar-refractivity contribution in [1.29, 1.82) is 0 Å². The predicted molar refractivity (Wildman–Crippen MR) is 180 cm³/mol. The molecule has 0 amide bonds. The Morgan fingerprint density at radius 2 is 0.568 bits per heavy atom. The Labute approximate surface area is 264 Å². The molecule has 3 aliphatic heterocycles. The van der Waals surface area contributed by atoms with E-state index < -0.39 is 52.3 Å². The molecule has 0 saturated carbocycles. The lowest BCUT2D eigenvalue weighted by atomic mass is 10.4. The van der Waals surface area contributed by atoms with Crippen molar-refractivity contribution in [2.75, 3.05) is 0 Å². The molecule has 44 heavy (non-hydrogen) atoms. The van der Waals surface area contributed by atoms with E-state index in [-0.39, 0.29) is 0 Å². The van der Waals surface area contributed by atoms with Crippen molar-refractivity contribution >= 4 is 73.1 Å². The summed E-state index contributed by atoms with van der Waals surface area (Å²) < 4.78 is 57.6. The Kier molecular flexibility index (Phi) is 7.50. The van der Waals surface area contributed by atoms with E-state index in [2.05, 4.69) is 13.2 Å². The van der Waals surface area contributed by atoms with Gasteiger partial charge in [-0.1, -0.05) is 133 Å². The van der Waals surface area contributed by atoms with Gasteiger partial charge >= 0.3 is 52.3 Å². The molecule has 3 saturated heterocycles. The van der Waals surface area contributed by atoms with Crippen molar-refractivity contribution in [3.05, 3.63) is 146 Å². The van der Waals surface area contributed by atoms with Gasteiger partial charge in [-0.2, -0.15) is 0 Å². The van der Waals surface area contributed by atoms with Crippen LogP contribution in [0.4, 0.5) is 0 Å². The van der Waals surface area contributed by atoms with Gasteiger partial charge in [0, 0.05) is 20.7 Å². The van der Waals surface area contributed by atoms with E-state index in [4.69, 9.17) is 32.9 Å². The van der Waals surface area contributed by atoms with Gasteiger partial charge in [-0.3, -0.25) is 0 Å². The van der Waals surface area contributed by atoms with Crippen LogP contribution < -0.4 is 20.7 Å². The lowest BCUT2D eigenvalue weighted by Gasteiger charge is -2.58. The van der Waals surface area contributed by atoms with Gasteiger partial charge in [0.15, 0.2) is 0 Å². The maximum atomic E-state index is 7.46. The highest BCUT2D eigenvalue weighted by atomic mass is 28.6. The fourth-order valence-electron chi connectivity index (χ4n) is 5.51. The van der Waals surface area contributed by atoms with Crippen molar-refractivity contribution in [2.45, 2.75) is 13.1 Å². The third-order valence-corrected chi connectivity index (χ3v) is 32.7. The molecular formula is C30H32O8Si6. The minimum Gasteiger partial charge on any atom is -0.388 e. The van der Waals surface area contributed by atoms with Crippen LogP contribution in [-0.2, 0) is 32.9 Å². The zero-order valence-electron chi connectivity index (χ0n) is 24.4. The fourth-order valence-corrected chi connectivity index (χ4v) is 36.7. The molecule has 4 aromatic carbocycles. The van der Waals surface area contributed by atoms with Crippen LogP contribution in [0, 0.1) is 0 Å². The average Bonchev–Trinajstić information content (AvgIpc) is 3.05. The lowest BCUT2D eigenvalue weighted by Crippen LogP contribution is -2.90. The molecule has 0 atom stereocenters. The topological polar surface area (TPSA) is 73.8 Å². The minimum atomic E-state index is -3.98. The summed E-state index contributed by atoms with van der Waals surface area (Å²) in [6.07, 6.45) is 0. The molecule has 4 aromatic rings. The van der Waals surface area contributed by atoms with E-state index in [1.807, 2.05) is 134 Å². The molecule has 3 fully saturated rings. The zero-order chi connectivity index (χ0) is 30.5. The molecule has 0 aromatic heterocycles. The largest absolute Gasteiger partial charge is 0.514 e. The smallest absolute Gasteiger partial charge is 0.388 e. The molecule has 224 valence electrons. The van der Waals surface area contributed by atoms with Gasteiger partial charge in [-0.25, -0.2) is 0 Å². The molecule has 0 unspecified atom stereocenters. The SMILES string of the molecule is C=C[Si]1(C)O[Si]2(c3ccccc3)O[Si](c3ccccc3)(O1)O[Si]1(c3ccccc3)O[Si](C)(C=C)O[Si](c3ccccc3)(O1)O2. The first kappa shape index (κ1) is 30.0. The fraction of sp³-hybridized carbons (Fsp3) is 0.0667. The van der Waals surface area contributed by atoms with Gasteiger partial charge in [-0.15, -0.1) is 13.2 Å². The van der Waals surface area contributed by atoms with Crippen LogP contribution in [0.2, 0.25) is 13.1 Å². The normalized spacial score (nSPS) is 36.4. The molecule has 14 heteroatoms. The van der Waals surface area contributed by atoms with Crippen molar-refractivity contribution in [2.24, 2.45) is 0 Å². The second-order valence-corrected chi connectivity index (χ2v) is 29.1. The van der Waals surface area contributed by atoms with Crippen LogP contribution in [0.5, 0.6) is 0 Å². The van der Waals surface area contributed by atoms with Crippen molar-refractivity contribution in [3.63, 3.8) is 0 Å². The highest BCUT2D eigenvalue weighted by Gasteiger charge is 2.78. The molecular weight excluding hydrogens is 657 g/mol. The van der Waals surface area contributed by atoms with Crippen LogP contribution in [0.25, 0.3) is 0 Å². The highest BCUT2D eigenvalue weighted by Crippen LogP contribution is 2.43. The number of rotatable bonds is 6. The second kappa shape index (κ2) is 11.0. The molecule has 0 radical (unpaired) electrons. The van der Waals surface area contributed by atoms with Crippen LogP contribution in [-0.4, -0.2) is 52.3 Å². The van der Waals surface area contributed by atoms with Crippen LogP contribution in [0.3, 0.4) is 0 Å². The van der Waals surface area contributed by atoms with Gasteiger partial charge in [-0.05, 0) is 13.1 Å². The van der Waals surface area contributed by atoms with E-state index in [0.717, 1.165) is 20.7 Å². The number of fused-ring (bicyclic) bond motifs is 4. The van der Waals surface area contributed by atoms with E-state index in [0.29, 0.717) is 0 Å². The summed E-state index contributed by atoms with van der Waals surface area (Å²) in [5, 5.41) is 2.99. The highest BCUT2D eigenvalue weighted by molar-refractivity contribution is 7.10. The summed E-state index contributed by atoms with van der Waals surface area (Å²) in [6, 6.07) is 39.0. The first-order valence-corrected chi connectivity index (χ1v) is 26.0. The predicted octanol–water partition coefficient (Wildman–Crippen LogP) is 3.14.